The van der Waals surface area contributed by atoms with Gasteiger partial charge in [-0.05, 0) is 42.7 Å². The molecule has 1 heterocycles. The maximum atomic E-state index is 6.73. The zero-order chi connectivity index (χ0) is 21.0. The van der Waals surface area contributed by atoms with Gasteiger partial charge in [0.15, 0.2) is 0 Å². The normalized spacial score (nSPS) is 22.3. The molecule has 4 rings (SSSR count). The number of allylic oxidation sites excluding steroid dienone is 2. The number of unbranched alkanes of at least 4 members (excludes halogenated alkanes) is 1. The Labute approximate surface area is 182 Å². The van der Waals surface area contributed by atoms with E-state index in [0.717, 1.165) is 30.4 Å². The Kier molecular flexibility index (Phi) is 6.29. The Morgan fingerprint density at radius 2 is 1.43 bits per heavy atom. The Morgan fingerprint density at radius 3 is 1.90 bits per heavy atom. The van der Waals surface area contributed by atoms with Gasteiger partial charge >= 0.3 is 0 Å². The molecular weight excluding hydrogens is 384 g/mol. The highest BCUT2D eigenvalue weighted by molar-refractivity contribution is 6.83. The third-order valence-electron chi connectivity index (χ3n) is 5.48. The summed E-state index contributed by atoms with van der Waals surface area (Å²) in [6, 6.07) is 20.9. The summed E-state index contributed by atoms with van der Waals surface area (Å²) in [5.41, 5.74) is 7.41. The second-order valence-electron chi connectivity index (χ2n) is 9.41. The van der Waals surface area contributed by atoms with Gasteiger partial charge in [-0.15, -0.1) is 5.54 Å². The minimum atomic E-state index is -1.56. The second-order valence-corrected chi connectivity index (χ2v) is 14.2. The summed E-state index contributed by atoms with van der Waals surface area (Å²) in [6.07, 6.45) is 7.51. The van der Waals surface area contributed by atoms with Crippen molar-refractivity contribution in [2.45, 2.75) is 69.7 Å². The highest BCUT2D eigenvalue weighted by atomic mass is 28.3. The summed E-state index contributed by atoms with van der Waals surface area (Å²) in [7, 11) is -1.56. The third kappa shape index (κ3) is 5.52. The van der Waals surface area contributed by atoms with Crippen LogP contribution in [0.25, 0.3) is 0 Å². The van der Waals surface area contributed by atoms with Crippen molar-refractivity contribution in [3.63, 3.8) is 0 Å². The van der Waals surface area contributed by atoms with Crippen molar-refractivity contribution in [3.05, 3.63) is 83.4 Å². The maximum absolute atomic E-state index is 6.73. The quantitative estimate of drug-likeness (QED) is 0.219. The number of rotatable bonds is 6. The molecule has 0 spiro atoms. The predicted octanol–water partition coefficient (Wildman–Crippen LogP) is 6.98. The van der Waals surface area contributed by atoms with Gasteiger partial charge in [0.1, 0.15) is 20.3 Å². The van der Waals surface area contributed by atoms with Gasteiger partial charge in [0, 0.05) is 6.42 Å². The summed E-state index contributed by atoms with van der Waals surface area (Å²) in [6.45, 7) is 6.80. The van der Waals surface area contributed by atoms with Crippen LogP contribution in [0.2, 0.25) is 19.6 Å². The van der Waals surface area contributed by atoms with Crippen molar-refractivity contribution in [2.24, 2.45) is 0 Å². The van der Waals surface area contributed by atoms with Gasteiger partial charge in [0.25, 0.3) is 0 Å². The molecular formula is C27H32O2Si. The molecule has 3 heteroatoms. The second kappa shape index (κ2) is 8.94. The first-order valence-electron chi connectivity index (χ1n) is 11.1. The zero-order valence-electron chi connectivity index (χ0n) is 18.4. The lowest BCUT2D eigenvalue weighted by Crippen LogP contribution is -2.30. The molecule has 2 fully saturated rings. The molecule has 2 aromatic rings. The molecule has 0 amide bonds. The fourth-order valence-corrected chi connectivity index (χ4v) is 4.34. The van der Waals surface area contributed by atoms with Gasteiger partial charge in [-0.3, -0.25) is 0 Å². The Morgan fingerprint density at radius 1 is 0.900 bits per heavy atom. The van der Waals surface area contributed by atoms with Gasteiger partial charge in [0.05, 0.1) is 0 Å². The van der Waals surface area contributed by atoms with Crippen LogP contribution in [0.1, 0.15) is 55.4 Å². The SMILES string of the molecule is C[Si](C)(C)C#CC1(CCCC=C2CC2)O[C@@H](c2ccccc2)[C@H](c2ccccc2)O1. The van der Waals surface area contributed by atoms with Gasteiger partial charge in [-0.25, -0.2) is 0 Å². The lowest BCUT2D eigenvalue weighted by molar-refractivity contribution is -0.135. The molecule has 1 aliphatic carbocycles. The van der Waals surface area contributed by atoms with E-state index < -0.39 is 13.9 Å². The monoisotopic (exact) mass is 416 g/mol. The van der Waals surface area contributed by atoms with E-state index in [1.807, 2.05) is 12.1 Å². The van der Waals surface area contributed by atoms with E-state index in [2.05, 4.69) is 85.7 Å². The maximum Gasteiger partial charge on any atom is 0.234 e. The van der Waals surface area contributed by atoms with E-state index in [0.29, 0.717) is 0 Å². The molecule has 0 aromatic heterocycles. The van der Waals surface area contributed by atoms with Gasteiger partial charge in [0.2, 0.25) is 5.79 Å². The molecule has 1 aliphatic heterocycles. The molecule has 1 saturated carbocycles. The largest absolute Gasteiger partial charge is 0.328 e. The standard InChI is InChI=1S/C27H32O2Si/c1-30(2,3)21-20-27(19-11-10-12-22-17-18-22)28-25(23-13-6-4-7-14-23)26(29-27)24-15-8-5-9-16-24/h4-9,12-16,25-26H,10-11,17-19H2,1-3H3/t25-,26-/m0/s1. The fourth-order valence-electron chi connectivity index (χ4n) is 3.77. The van der Waals surface area contributed by atoms with Crippen LogP contribution in [0.3, 0.4) is 0 Å². The van der Waals surface area contributed by atoms with Crippen molar-refractivity contribution in [2.75, 3.05) is 0 Å². The van der Waals surface area contributed by atoms with Crippen LogP contribution in [-0.4, -0.2) is 13.9 Å². The average molecular weight is 417 g/mol. The summed E-state index contributed by atoms with van der Waals surface area (Å²) in [5, 5.41) is 0. The molecule has 30 heavy (non-hydrogen) atoms. The Hall–Kier alpha value is -2.12. The molecule has 0 bridgehead atoms. The van der Waals surface area contributed by atoms with Crippen molar-refractivity contribution >= 4 is 8.07 Å². The predicted molar refractivity (Wildman–Crippen MR) is 126 cm³/mol. The molecule has 1 saturated heterocycles. The van der Waals surface area contributed by atoms with Crippen molar-refractivity contribution in [1.82, 2.24) is 0 Å². The number of benzene rings is 2. The van der Waals surface area contributed by atoms with Crippen LogP contribution in [0, 0.1) is 11.5 Å². The summed E-state index contributed by atoms with van der Waals surface area (Å²) in [5.74, 6) is 2.64. The van der Waals surface area contributed by atoms with Crippen molar-refractivity contribution < 1.29 is 9.47 Å². The molecule has 0 unspecified atom stereocenters. The Balaban J connectivity index is 1.65. The number of ether oxygens (including phenoxy) is 2. The van der Waals surface area contributed by atoms with E-state index in [1.165, 1.54) is 12.8 Å². The molecule has 156 valence electrons. The zero-order valence-corrected chi connectivity index (χ0v) is 19.4. The topological polar surface area (TPSA) is 18.5 Å². The van der Waals surface area contributed by atoms with Crippen molar-refractivity contribution in [1.29, 1.82) is 0 Å². The molecule has 2 aliphatic rings. The highest BCUT2D eigenvalue weighted by Crippen LogP contribution is 2.48. The summed E-state index contributed by atoms with van der Waals surface area (Å²) in [4.78, 5) is 0. The third-order valence-corrected chi connectivity index (χ3v) is 6.35. The van der Waals surface area contributed by atoms with Gasteiger partial charge in [-0.1, -0.05) is 92.0 Å². The number of hydrogen-bond acceptors (Lipinski definition) is 2. The van der Waals surface area contributed by atoms with E-state index in [9.17, 15) is 0 Å². The van der Waals surface area contributed by atoms with E-state index in [-0.39, 0.29) is 12.2 Å². The van der Waals surface area contributed by atoms with Crippen LogP contribution in [0.5, 0.6) is 0 Å². The van der Waals surface area contributed by atoms with Crippen LogP contribution < -0.4 is 0 Å². The minimum absolute atomic E-state index is 0.161. The summed E-state index contributed by atoms with van der Waals surface area (Å²) < 4.78 is 13.5. The molecule has 2 nitrogen and oxygen atoms in total. The van der Waals surface area contributed by atoms with E-state index >= 15 is 0 Å². The Bertz CT molecular complexity index is 878. The molecule has 0 N–H and O–H groups in total. The first-order chi connectivity index (χ1) is 14.4. The van der Waals surface area contributed by atoms with Crippen LogP contribution >= 0.6 is 0 Å². The first-order valence-corrected chi connectivity index (χ1v) is 14.6. The lowest BCUT2D eigenvalue weighted by Gasteiger charge is -2.23. The van der Waals surface area contributed by atoms with Crippen molar-refractivity contribution in [3.8, 4) is 11.5 Å². The lowest BCUT2D eigenvalue weighted by atomic mass is 9.99. The van der Waals surface area contributed by atoms with Crippen LogP contribution in [0.15, 0.2) is 72.3 Å². The fraction of sp³-hybridized carbons (Fsp3) is 0.407. The van der Waals surface area contributed by atoms with Crippen LogP contribution in [0.4, 0.5) is 0 Å². The van der Waals surface area contributed by atoms with E-state index in [1.54, 1.807) is 5.57 Å². The first kappa shape index (κ1) is 21.1. The van der Waals surface area contributed by atoms with Gasteiger partial charge < -0.3 is 9.47 Å². The smallest absolute Gasteiger partial charge is 0.234 e. The number of hydrogen-bond donors (Lipinski definition) is 0. The highest BCUT2D eigenvalue weighted by Gasteiger charge is 2.47. The van der Waals surface area contributed by atoms with E-state index in [4.69, 9.17) is 9.47 Å². The molecule has 2 aromatic carbocycles. The molecule has 2 atom stereocenters. The van der Waals surface area contributed by atoms with Gasteiger partial charge in [-0.2, -0.15) is 0 Å². The average Bonchev–Trinajstić information content (AvgIpc) is 3.50. The molecule has 0 radical (unpaired) electrons. The minimum Gasteiger partial charge on any atom is -0.328 e. The van der Waals surface area contributed by atoms with Crippen LogP contribution in [-0.2, 0) is 9.47 Å². The summed E-state index contributed by atoms with van der Waals surface area (Å²) >= 11 is 0.